The van der Waals surface area contributed by atoms with Crippen LogP contribution in [0.3, 0.4) is 0 Å². The summed E-state index contributed by atoms with van der Waals surface area (Å²) in [5.41, 5.74) is 3.10. The zero-order valence-electron chi connectivity index (χ0n) is 17.2. The average Bonchev–Trinajstić information content (AvgIpc) is 2.68. The predicted octanol–water partition coefficient (Wildman–Crippen LogP) is 3.92. The summed E-state index contributed by atoms with van der Waals surface area (Å²) in [6, 6.07) is 15.7. The highest BCUT2D eigenvalue weighted by atomic mass is 16.5. The van der Waals surface area contributed by atoms with E-state index in [2.05, 4.69) is 19.2 Å². The molecule has 28 heavy (non-hydrogen) atoms. The first-order chi connectivity index (χ1) is 13.4. The van der Waals surface area contributed by atoms with E-state index in [1.807, 2.05) is 48.5 Å². The number of carbonyl (C=O) groups excluding carboxylic acids is 2. The molecule has 5 nitrogen and oxygen atoms in total. The summed E-state index contributed by atoms with van der Waals surface area (Å²) in [6.45, 7) is 6.68. The van der Waals surface area contributed by atoms with Gasteiger partial charge in [0, 0.05) is 32.1 Å². The van der Waals surface area contributed by atoms with Crippen LogP contribution in [0.2, 0.25) is 0 Å². The van der Waals surface area contributed by atoms with Gasteiger partial charge in [-0.25, -0.2) is 0 Å². The molecule has 2 amide bonds. The van der Waals surface area contributed by atoms with Crippen LogP contribution < -0.4 is 15.0 Å². The van der Waals surface area contributed by atoms with Gasteiger partial charge in [-0.05, 0) is 41.7 Å². The fourth-order valence-electron chi connectivity index (χ4n) is 3.06. The Morgan fingerprint density at radius 3 is 2.36 bits per heavy atom. The molecule has 0 bridgehead atoms. The third kappa shape index (κ3) is 6.12. The second-order valence-electron chi connectivity index (χ2n) is 7.08. The molecule has 0 aliphatic carbocycles. The smallest absolute Gasteiger partial charge is 0.223 e. The lowest BCUT2D eigenvalue weighted by molar-refractivity contribution is -0.121. The molecular weight excluding hydrogens is 352 g/mol. The van der Waals surface area contributed by atoms with E-state index in [1.54, 1.807) is 12.0 Å². The summed E-state index contributed by atoms with van der Waals surface area (Å²) in [5.74, 6) is 1.12. The largest absolute Gasteiger partial charge is 0.496 e. The van der Waals surface area contributed by atoms with Crippen LogP contribution in [0.15, 0.2) is 48.5 Å². The molecule has 1 N–H and O–H groups in total. The molecule has 0 aliphatic heterocycles. The van der Waals surface area contributed by atoms with E-state index in [0.717, 1.165) is 17.0 Å². The van der Waals surface area contributed by atoms with Crippen molar-refractivity contribution in [3.8, 4) is 5.75 Å². The van der Waals surface area contributed by atoms with Crippen LogP contribution in [0.5, 0.6) is 5.75 Å². The van der Waals surface area contributed by atoms with E-state index in [-0.39, 0.29) is 18.2 Å². The monoisotopic (exact) mass is 382 g/mol. The summed E-state index contributed by atoms with van der Waals surface area (Å²) in [7, 11) is 1.64. The molecule has 150 valence electrons. The molecule has 2 aromatic rings. The van der Waals surface area contributed by atoms with Crippen LogP contribution in [-0.4, -0.2) is 32.0 Å². The minimum atomic E-state index is -0.0703. The number of anilines is 1. The number of para-hydroxylation sites is 1. The maximum atomic E-state index is 12.2. The van der Waals surface area contributed by atoms with Gasteiger partial charge in [0.15, 0.2) is 0 Å². The van der Waals surface area contributed by atoms with Crippen LogP contribution in [0, 0.1) is 0 Å². The Morgan fingerprint density at radius 2 is 1.75 bits per heavy atom. The molecule has 5 heteroatoms. The maximum Gasteiger partial charge on any atom is 0.223 e. The van der Waals surface area contributed by atoms with Gasteiger partial charge in [-0.2, -0.15) is 0 Å². The molecule has 0 saturated carbocycles. The Kier molecular flexibility index (Phi) is 8.05. The van der Waals surface area contributed by atoms with Gasteiger partial charge < -0.3 is 15.0 Å². The van der Waals surface area contributed by atoms with E-state index in [4.69, 9.17) is 4.74 Å². The van der Waals surface area contributed by atoms with E-state index in [0.29, 0.717) is 25.4 Å². The SMILES string of the molecule is COc1ccccc1CCNC(=O)CCN(C(C)=O)c1ccc(C(C)C)cc1. The molecule has 0 spiro atoms. The second kappa shape index (κ2) is 10.5. The summed E-state index contributed by atoms with van der Waals surface area (Å²) in [4.78, 5) is 25.9. The fraction of sp³-hybridized carbons (Fsp3) is 0.391. The first-order valence-corrected chi connectivity index (χ1v) is 9.69. The summed E-state index contributed by atoms with van der Waals surface area (Å²) < 4.78 is 5.32. The molecule has 0 heterocycles. The van der Waals surface area contributed by atoms with E-state index in [1.165, 1.54) is 12.5 Å². The molecule has 2 rings (SSSR count). The number of ether oxygens (including phenoxy) is 1. The van der Waals surface area contributed by atoms with E-state index < -0.39 is 0 Å². The Bertz CT molecular complexity index is 785. The minimum absolute atomic E-state index is 0.0695. The van der Waals surface area contributed by atoms with Gasteiger partial charge in [0.1, 0.15) is 5.75 Å². The zero-order chi connectivity index (χ0) is 20.5. The molecule has 0 aliphatic rings. The molecule has 0 atom stereocenters. The molecule has 0 radical (unpaired) electrons. The van der Waals surface area contributed by atoms with Gasteiger partial charge in [-0.15, -0.1) is 0 Å². The van der Waals surface area contributed by atoms with Crippen molar-refractivity contribution in [1.82, 2.24) is 5.32 Å². The molecule has 2 aromatic carbocycles. The number of benzene rings is 2. The molecule has 0 saturated heterocycles. The lowest BCUT2D eigenvalue weighted by Crippen LogP contribution is -2.34. The van der Waals surface area contributed by atoms with Gasteiger partial charge in [0.05, 0.1) is 7.11 Å². The zero-order valence-corrected chi connectivity index (χ0v) is 17.2. The van der Waals surface area contributed by atoms with Crippen molar-refractivity contribution in [1.29, 1.82) is 0 Å². The number of nitrogens with one attached hydrogen (secondary N) is 1. The van der Waals surface area contributed by atoms with Crippen LogP contribution in [0.1, 0.15) is 44.2 Å². The van der Waals surface area contributed by atoms with Gasteiger partial charge in [-0.3, -0.25) is 9.59 Å². The fourth-order valence-corrected chi connectivity index (χ4v) is 3.06. The Labute approximate surface area is 167 Å². The third-order valence-corrected chi connectivity index (χ3v) is 4.72. The number of methoxy groups -OCH3 is 1. The van der Waals surface area contributed by atoms with Crippen molar-refractivity contribution in [2.75, 3.05) is 25.1 Å². The quantitative estimate of drug-likeness (QED) is 0.715. The Hall–Kier alpha value is -2.82. The number of carbonyl (C=O) groups is 2. The summed E-state index contributed by atoms with van der Waals surface area (Å²) in [6.07, 6.45) is 0.959. The van der Waals surface area contributed by atoms with E-state index >= 15 is 0 Å². The van der Waals surface area contributed by atoms with Gasteiger partial charge in [-0.1, -0.05) is 44.2 Å². The van der Waals surface area contributed by atoms with Crippen molar-refractivity contribution >= 4 is 17.5 Å². The molecule has 0 fully saturated rings. The van der Waals surface area contributed by atoms with Gasteiger partial charge in [0.2, 0.25) is 11.8 Å². The van der Waals surface area contributed by atoms with Crippen molar-refractivity contribution < 1.29 is 14.3 Å². The third-order valence-electron chi connectivity index (χ3n) is 4.72. The number of hydrogen-bond donors (Lipinski definition) is 1. The Morgan fingerprint density at radius 1 is 1.07 bits per heavy atom. The number of nitrogens with zero attached hydrogens (tertiary/aromatic N) is 1. The van der Waals surface area contributed by atoms with Crippen molar-refractivity contribution in [2.24, 2.45) is 0 Å². The first-order valence-electron chi connectivity index (χ1n) is 9.69. The van der Waals surface area contributed by atoms with Gasteiger partial charge >= 0.3 is 0 Å². The van der Waals surface area contributed by atoms with Crippen LogP contribution in [0.25, 0.3) is 0 Å². The van der Waals surface area contributed by atoms with Crippen LogP contribution in [-0.2, 0) is 16.0 Å². The summed E-state index contributed by atoms with van der Waals surface area (Å²) >= 11 is 0. The van der Waals surface area contributed by atoms with Gasteiger partial charge in [0.25, 0.3) is 0 Å². The molecular formula is C23H30N2O3. The number of hydrogen-bond acceptors (Lipinski definition) is 3. The first kappa shape index (κ1) is 21.5. The highest BCUT2D eigenvalue weighted by molar-refractivity contribution is 5.92. The summed E-state index contributed by atoms with van der Waals surface area (Å²) in [5, 5.41) is 2.92. The minimum Gasteiger partial charge on any atom is -0.496 e. The number of rotatable bonds is 9. The maximum absolute atomic E-state index is 12.2. The second-order valence-corrected chi connectivity index (χ2v) is 7.08. The van der Waals surface area contributed by atoms with Crippen molar-refractivity contribution in [3.05, 3.63) is 59.7 Å². The van der Waals surface area contributed by atoms with Crippen molar-refractivity contribution in [3.63, 3.8) is 0 Å². The Balaban J connectivity index is 1.85. The number of amides is 2. The highest BCUT2D eigenvalue weighted by Crippen LogP contribution is 2.21. The standard InChI is InChI=1S/C23H30N2O3/c1-17(2)19-9-11-21(12-10-19)25(18(3)26)16-14-23(27)24-15-13-20-7-5-6-8-22(20)28-4/h5-12,17H,13-16H2,1-4H3,(H,24,27). The lowest BCUT2D eigenvalue weighted by Gasteiger charge is -2.21. The lowest BCUT2D eigenvalue weighted by atomic mass is 10.0. The average molecular weight is 383 g/mol. The van der Waals surface area contributed by atoms with Crippen LogP contribution >= 0.6 is 0 Å². The highest BCUT2D eigenvalue weighted by Gasteiger charge is 2.14. The van der Waals surface area contributed by atoms with Crippen molar-refractivity contribution in [2.45, 2.75) is 39.5 Å². The molecule has 0 unspecified atom stereocenters. The predicted molar refractivity (Wildman–Crippen MR) is 113 cm³/mol. The molecule has 0 aromatic heterocycles. The van der Waals surface area contributed by atoms with E-state index in [9.17, 15) is 9.59 Å². The normalized spacial score (nSPS) is 10.6. The topological polar surface area (TPSA) is 58.6 Å². The van der Waals surface area contributed by atoms with Crippen LogP contribution in [0.4, 0.5) is 5.69 Å².